The van der Waals surface area contributed by atoms with Gasteiger partial charge in [0.25, 0.3) is 0 Å². The summed E-state index contributed by atoms with van der Waals surface area (Å²) >= 11 is 0. The number of benzene rings is 2. The van der Waals surface area contributed by atoms with Crippen molar-refractivity contribution in [3.8, 4) is 17.0 Å². The quantitative estimate of drug-likeness (QED) is 0.393. The minimum absolute atomic E-state index is 0.0210. The van der Waals surface area contributed by atoms with E-state index in [1.54, 1.807) is 0 Å². The van der Waals surface area contributed by atoms with E-state index in [2.05, 4.69) is 22.5 Å². The second kappa shape index (κ2) is 13.1. The van der Waals surface area contributed by atoms with Gasteiger partial charge in [0.05, 0.1) is 11.2 Å². The molecule has 8 nitrogen and oxygen atoms in total. The molecule has 1 aliphatic carbocycles. The standard InChI is InChI=1S/C32H41N5O3/c1-3-33-31(38)37-20-18-36(19-21-37)22-27-29(25-14-8-5-9-15-25)35-28-17-11-10-16-26(28)30(27)40-32(39)34-23(2)24-12-6-4-7-13-24/h5,8-11,14-17,23-24H,3-4,6-7,12-13,18-22H2,1-2H3,(H,33,38)(H,34,39)/t23-/m0/s1. The highest BCUT2D eigenvalue weighted by Crippen LogP contribution is 2.37. The van der Waals surface area contributed by atoms with Crippen LogP contribution >= 0.6 is 0 Å². The highest BCUT2D eigenvalue weighted by atomic mass is 16.6. The minimum Gasteiger partial charge on any atom is -0.409 e. The van der Waals surface area contributed by atoms with Gasteiger partial charge in [0, 0.05) is 61.8 Å². The average molecular weight is 544 g/mol. The SMILES string of the molecule is CCNC(=O)N1CCN(Cc2c(-c3ccccc3)nc3ccccc3c2OC(=O)N[C@@H](C)C2CCCCC2)CC1. The number of ether oxygens (including phenoxy) is 1. The number of nitrogens with one attached hydrogen (secondary N) is 2. The molecule has 0 bridgehead atoms. The topological polar surface area (TPSA) is 86.8 Å². The van der Waals surface area contributed by atoms with E-state index >= 15 is 0 Å². The Hall–Kier alpha value is -3.65. The number of para-hydroxylation sites is 1. The van der Waals surface area contributed by atoms with Crippen LogP contribution in [0.25, 0.3) is 22.2 Å². The number of fused-ring (bicyclic) bond motifs is 1. The van der Waals surface area contributed by atoms with E-state index in [4.69, 9.17) is 9.72 Å². The van der Waals surface area contributed by atoms with Crippen LogP contribution in [0.1, 0.15) is 51.5 Å². The Balaban J connectivity index is 1.46. The molecule has 5 rings (SSSR count). The van der Waals surface area contributed by atoms with Gasteiger partial charge in [-0.2, -0.15) is 0 Å². The van der Waals surface area contributed by atoms with Gasteiger partial charge in [-0.15, -0.1) is 0 Å². The molecule has 2 heterocycles. The van der Waals surface area contributed by atoms with Gasteiger partial charge in [-0.3, -0.25) is 4.90 Å². The predicted molar refractivity (Wildman–Crippen MR) is 158 cm³/mol. The van der Waals surface area contributed by atoms with Gasteiger partial charge in [-0.1, -0.05) is 61.7 Å². The minimum atomic E-state index is -0.421. The lowest BCUT2D eigenvalue weighted by Crippen LogP contribution is -2.51. The maximum absolute atomic E-state index is 13.4. The number of hydrogen-bond donors (Lipinski definition) is 2. The van der Waals surface area contributed by atoms with E-state index in [0.717, 1.165) is 53.7 Å². The third-order valence-electron chi connectivity index (χ3n) is 8.25. The van der Waals surface area contributed by atoms with Gasteiger partial charge >= 0.3 is 12.1 Å². The maximum Gasteiger partial charge on any atom is 0.412 e. The molecule has 1 saturated carbocycles. The molecule has 1 saturated heterocycles. The molecule has 0 spiro atoms. The molecular weight excluding hydrogens is 502 g/mol. The van der Waals surface area contributed by atoms with Crippen LogP contribution in [0.2, 0.25) is 0 Å². The van der Waals surface area contributed by atoms with E-state index < -0.39 is 6.09 Å². The van der Waals surface area contributed by atoms with Gasteiger partial charge in [-0.25, -0.2) is 14.6 Å². The van der Waals surface area contributed by atoms with Crippen molar-refractivity contribution in [2.75, 3.05) is 32.7 Å². The largest absolute Gasteiger partial charge is 0.412 e. The highest BCUT2D eigenvalue weighted by molar-refractivity contribution is 5.92. The van der Waals surface area contributed by atoms with Gasteiger partial charge in [0.2, 0.25) is 0 Å². The van der Waals surface area contributed by atoms with Crippen LogP contribution in [-0.4, -0.2) is 65.7 Å². The van der Waals surface area contributed by atoms with Crippen molar-refractivity contribution in [3.63, 3.8) is 0 Å². The van der Waals surface area contributed by atoms with Gasteiger partial charge in [0.15, 0.2) is 0 Å². The Morgan fingerprint density at radius 1 is 0.975 bits per heavy atom. The molecule has 1 aromatic heterocycles. The van der Waals surface area contributed by atoms with Crippen molar-refractivity contribution in [2.24, 2.45) is 5.92 Å². The van der Waals surface area contributed by atoms with Crippen LogP contribution in [0.15, 0.2) is 54.6 Å². The Morgan fingerprint density at radius 3 is 2.40 bits per heavy atom. The number of nitrogens with zero attached hydrogens (tertiary/aromatic N) is 3. The summed E-state index contributed by atoms with van der Waals surface area (Å²) in [6.07, 6.45) is 5.59. The number of piperazine rings is 1. The van der Waals surface area contributed by atoms with Crippen LogP contribution < -0.4 is 15.4 Å². The highest BCUT2D eigenvalue weighted by Gasteiger charge is 2.27. The number of carbonyl (C=O) groups is 2. The molecule has 0 unspecified atom stereocenters. The number of carbonyl (C=O) groups excluding carboxylic acids is 2. The second-order valence-electron chi connectivity index (χ2n) is 11.0. The smallest absolute Gasteiger partial charge is 0.409 e. The van der Waals surface area contributed by atoms with E-state index in [-0.39, 0.29) is 12.1 Å². The number of rotatable bonds is 7. The van der Waals surface area contributed by atoms with E-state index in [1.807, 2.05) is 66.4 Å². The fourth-order valence-electron chi connectivity index (χ4n) is 5.98. The number of hydrogen-bond acceptors (Lipinski definition) is 5. The van der Waals surface area contributed by atoms with Crippen molar-refractivity contribution < 1.29 is 14.3 Å². The van der Waals surface area contributed by atoms with E-state index in [9.17, 15) is 9.59 Å². The van der Waals surface area contributed by atoms with Crippen LogP contribution in [0.5, 0.6) is 5.75 Å². The molecule has 40 heavy (non-hydrogen) atoms. The summed E-state index contributed by atoms with van der Waals surface area (Å²) in [5, 5.41) is 6.85. The molecule has 3 amide bonds. The molecule has 3 aromatic rings. The van der Waals surface area contributed by atoms with Crippen LogP contribution in [0.3, 0.4) is 0 Å². The first-order valence-electron chi connectivity index (χ1n) is 14.7. The molecule has 1 atom stereocenters. The van der Waals surface area contributed by atoms with Crippen LogP contribution in [0.4, 0.5) is 9.59 Å². The normalized spacial score (nSPS) is 17.4. The molecule has 0 radical (unpaired) electrons. The summed E-state index contributed by atoms with van der Waals surface area (Å²) in [7, 11) is 0. The second-order valence-corrected chi connectivity index (χ2v) is 11.0. The molecule has 2 fully saturated rings. The van der Waals surface area contributed by atoms with Crippen LogP contribution in [-0.2, 0) is 6.54 Å². The van der Waals surface area contributed by atoms with E-state index in [0.29, 0.717) is 37.8 Å². The average Bonchev–Trinajstić information content (AvgIpc) is 2.99. The summed E-state index contributed by atoms with van der Waals surface area (Å²) in [5.41, 5.74) is 3.46. The first-order chi connectivity index (χ1) is 19.5. The van der Waals surface area contributed by atoms with Crippen molar-refractivity contribution in [1.82, 2.24) is 25.4 Å². The number of aromatic nitrogens is 1. The molecular formula is C32H41N5O3. The van der Waals surface area contributed by atoms with Crippen molar-refractivity contribution in [3.05, 3.63) is 60.2 Å². The monoisotopic (exact) mass is 543 g/mol. The van der Waals surface area contributed by atoms with Gasteiger partial charge in [0.1, 0.15) is 5.75 Å². The number of pyridine rings is 1. The summed E-state index contributed by atoms with van der Waals surface area (Å²) in [6, 6.07) is 18.0. The fourth-order valence-corrected chi connectivity index (χ4v) is 5.98. The van der Waals surface area contributed by atoms with Gasteiger partial charge < -0.3 is 20.3 Å². The van der Waals surface area contributed by atoms with Gasteiger partial charge in [-0.05, 0) is 44.7 Å². The van der Waals surface area contributed by atoms with Crippen molar-refractivity contribution in [2.45, 2.75) is 58.5 Å². The number of amides is 3. The lowest BCUT2D eigenvalue weighted by atomic mass is 9.85. The third-order valence-corrected chi connectivity index (χ3v) is 8.25. The maximum atomic E-state index is 13.4. The van der Waals surface area contributed by atoms with Crippen LogP contribution in [0, 0.1) is 5.92 Å². The lowest BCUT2D eigenvalue weighted by Gasteiger charge is -2.35. The zero-order valence-corrected chi connectivity index (χ0v) is 23.7. The Morgan fingerprint density at radius 2 is 1.68 bits per heavy atom. The molecule has 212 valence electrons. The first-order valence-corrected chi connectivity index (χ1v) is 14.7. The molecule has 1 aliphatic heterocycles. The zero-order valence-electron chi connectivity index (χ0n) is 23.7. The Labute approximate surface area is 237 Å². The summed E-state index contributed by atoms with van der Waals surface area (Å²) in [4.78, 5) is 34.9. The Kier molecular flexibility index (Phi) is 9.16. The lowest BCUT2D eigenvalue weighted by molar-refractivity contribution is 0.134. The summed E-state index contributed by atoms with van der Waals surface area (Å²) < 4.78 is 6.22. The Bertz CT molecular complexity index is 1300. The molecule has 8 heteroatoms. The fraction of sp³-hybridized carbons (Fsp3) is 0.469. The zero-order chi connectivity index (χ0) is 27.9. The first kappa shape index (κ1) is 27.9. The molecule has 2 aromatic carbocycles. The predicted octanol–water partition coefficient (Wildman–Crippen LogP) is 5.81. The van der Waals surface area contributed by atoms with Crippen molar-refractivity contribution in [1.29, 1.82) is 0 Å². The molecule has 2 aliphatic rings. The summed E-state index contributed by atoms with van der Waals surface area (Å²) in [5.74, 6) is 1.04. The summed E-state index contributed by atoms with van der Waals surface area (Å²) in [6.45, 7) is 7.93. The number of urea groups is 1. The molecule has 2 N–H and O–H groups in total. The van der Waals surface area contributed by atoms with Crippen molar-refractivity contribution >= 4 is 23.0 Å². The third kappa shape index (κ3) is 6.55. The van der Waals surface area contributed by atoms with E-state index in [1.165, 1.54) is 19.3 Å².